The van der Waals surface area contributed by atoms with E-state index in [4.69, 9.17) is 32.7 Å². The molecular weight excluding hydrogens is 884 g/mol. The fourth-order valence-corrected chi connectivity index (χ4v) is 11.2. The Labute approximate surface area is 399 Å². The number of hydrogen-bond acceptors (Lipinski definition) is 13. The van der Waals surface area contributed by atoms with Crippen LogP contribution in [-0.2, 0) is 28.9 Å². The lowest BCUT2D eigenvalue weighted by atomic mass is 9.79. The summed E-state index contributed by atoms with van der Waals surface area (Å²) in [4.78, 5) is 31.9. The maximum atomic E-state index is 14.4. The Kier molecular flexibility index (Phi) is 16.8. The van der Waals surface area contributed by atoms with E-state index in [9.17, 15) is 20.1 Å². The second-order valence-electron chi connectivity index (χ2n) is 17.3. The molecule has 2 saturated carbocycles. The van der Waals surface area contributed by atoms with Gasteiger partial charge in [-0.05, 0) is 99.2 Å². The summed E-state index contributed by atoms with van der Waals surface area (Å²) >= 11 is 0. The van der Waals surface area contributed by atoms with Crippen molar-refractivity contribution in [3.05, 3.63) is 154 Å². The van der Waals surface area contributed by atoms with E-state index in [-0.39, 0.29) is 63.3 Å². The van der Waals surface area contributed by atoms with Crippen LogP contribution in [0.1, 0.15) is 80.0 Å². The van der Waals surface area contributed by atoms with Crippen molar-refractivity contribution >= 4 is 20.3 Å². The number of ether oxygens (including phenoxy) is 5. The monoisotopic (exact) mass is 942 g/mol. The van der Waals surface area contributed by atoms with Gasteiger partial charge in [0.2, 0.25) is 0 Å². The molecule has 6 atom stereocenters. The molecule has 1 unspecified atom stereocenters. The van der Waals surface area contributed by atoms with Gasteiger partial charge in [-0.25, -0.2) is 9.46 Å². The smallest absolute Gasteiger partial charge is 0.349 e. The Hall–Kier alpha value is -6.00. The third-order valence-electron chi connectivity index (χ3n) is 12.5. The van der Waals surface area contributed by atoms with Gasteiger partial charge in [-0.3, -0.25) is 9.36 Å². The van der Waals surface area contributed by atoms with Crippen molar-refractivity contribution in [2.45, 2.75) is 82.9 Å². The van der Waals surface area contributed by atoms with Crippen LogP contribution in [0.25, 0.3) is 0 Å². The van der Waals surface area contributed by atoms with E-state index < -0.39 is 49.4 Å². The number of benzene rings is 4. The fraction of sp³-hybridized carbons (Fsp3) is 0.404. The van der Waals surface area contributed by atoms with E-state index in [0.29, 0.717) is 23.5 Å². The topological polar surface area (TPSA) is 179 Å². The molecule has 0 radical (unpaired) electrons. The maximum Gasteiger partial charge on any atom is 0.349 e. The fourth-order valence-electron chi connectivity index (χ4n) is 9.32. The number of carbonyl (C=O) groups is 1. The molecule has 356 valence electrons. The average Bonchev–Trinajstić information content (AvgIpc) is 4.02. The Bertz CT molecular complexity index is 2510. The first-order valence-corrected chi connectivity index (χ1v) is 23.9. The zero-order valence-corrected chi connectivity index (χ0v) is 40.2. The normalized spacial score (nSPS) is 20.1. The molecule has 0 aliphatic heterocycles. The third kappa shape index (κ3) is 10.8. The van der Waals surface area contributed by atoms with Crippen molar-refractivity contribution in [3.63, 3.8) is 0 Å². The van der Waals surface area contributed by atoms with E-state index in [0.717, 1.165) is 16.7 Å². The predicted octanol–water partition coefficient (Wildman–Crippen LogP) is 9.02. The average molecular weight is 943 g/mol. The number of hydrogen-bond donors (Lipinski definition) is 1. The zero-order chi connectivity index (χ0) is 48.3. The quantitative estimate of drug-likeness (QED) is 0.0268. The van der Waals surface area contributed by atoms with Crippen LogP contribution in [0.15, 0.2) is 126 Å². The number of amides is 1. The Morgan fingerprint density at radius 3 is 1.97 bits per heavy atom. The van der Waals surface area contributed by atoms with Gasteiger partial charge in [0.05, 0.1) is 65.1 Å². The zero-order valence-electron chi connectivity index (χ0n) is 39.3. The SMILES string of the molecule is COc1ccc(C(OC[C@@]23C[C@@H]2[C@@H](n2ccc(NC(=O)c4ccccc4)nc2=O)[C@H](OCOCCC#N)[C@@H]3OP(OCCC#N)N(C(C)C)C(C)C)(c2ccccc2)c2ccc(OC)cc2)cc1. The summed E-state index contributed by atoms with van der Waals surface area (Å²) in [6.07, 6.45) is 0.907. The molecule has 2 aliphatic rings. The van der Waals surface area contributed by atoms with Crippen LogP contribution < -0.4 is 20.5 Å². The number of methoxy groups -OCH3 is 2. The Morgan fingerprint density at radius 2 is 1.41 bits per heavy atom. The lowest BCUT2D eigenvalue weighted by Gasteiger charge is -2.41. The van der Waals surface area contributed by atoms with E-state index in [2.05, 4.69) is 54.8 Å². The molecule has 2 aliphatic carbocycles. The van der Waals surface area contributed by atoms with Crippen LogP contribution in [0, 0.1) is 34.0 Å². The van der Waals surface area contributed by atoms with Crippen LogP contribution in [0.5, 0.6) is 11.5 Å². The molecule has 5 aromatic rings. The third-order valence-corrected chi connectivity index (χ3v) is 14.6. The van der Waals surface area contributed by atoms with Gasteiger partial charge in [0, 0.05) is 29.3 Å². The van der Waals surface area contributed by atoms with Gasteiger partial charge in [0.15, 0.2) is 0 Å². The second kappa shape index (κ2) is 22.9. The van der Waals surface area contributed by atoms with E-state index in [1.54, 1.807) is 55.3 Å². The van der Waals surface area contributed by atoms with Gasteiger partial charge in [-0.15, -0.1) is 0 Å². The highest BCUT2D eigenvalue weighted by Gasteiger charge is 2.74. The highest BCUT2D eigenvalue weighted by atomic mass is 31.2. The minimum absolute atomic E-state index is 0.0161. The summed E-state index contributed by atoms with van der Waals surface area (Å²) in [7, 11) is 1.42. The second-order valence-corrected chi connectivity index (χ2v) is 18.7. The number of aromatic nitrogens is 2. The van der Waals surface area contributed by atoms with Crippen LogP contribution in [0.2, 0.25) is 0 Å². The van der Waals surface area contributed by atoms with Crippen LogP contribution in [-0.4, -0.2) is 85.3 Å². The largest absolute Gasteiger partial charge is 0.497 e. The minimum Gasteiger partial charge on any atom is -0.497 e. The van der Waals surface area contributed by atoms with Crippen molar-refractivity contribution in [2.24, 2.45) is 11.3 Å². The molecule has 0 saturated heterocycles. The van der Waals surface area contributed by atoms with Gasteiger partial charge < -0.3 is 38.0 Å². The first-order chi connectivity index (χ1) is 33.0. The minimum atomic E-state index is -1.84. The number of carbonyl (C=O) groups excluding carboxylic acids is 1. The van der Waals surface area contributed by atoms with Crippen LogP contribution >= 0.6 is 8.53 Å². The van der Waals surface area contributed by atoms with Crippen molar-refractivity contribution in [2.75, 3.05) is 46.1 Å². The van der Waals surface area contributed by atoms with E-state index >= 15 is 0 Å². The number of nitrogens with zero attached hydrogens (tertiary/aromatic N) is 5. The number of rotatable bonds is 24. The molecule has 1 aromatic heterocycles. The molecule has 0 spiro atoms. The van der Waals surface area contributed by atoms with Crippen molar-refractivity contribution < 1.29 is 37.5 Å². The molecule has 4 aromatic carbocycles. The summed E-state index contributed by atoms with van der Waals surface area (Å²) in [5.41, 5.74) is 0.397. The molecule has 68 heavy (non-hydrogen) atoms. The maximum absolute atomic E-state index is 14.4. The highest BCUT2D eigenvalue weighted by Crippen LogP contribution is 2.71. The van der Waals surface area contributed by atoms with Crippen molar-refractivity contribution in [1.29, 1.82) is 10.5 Å². The summed E-state index contributed by atoms with van der Waals surface area (Å²) in [6.45, 7) is 8.48. The lowest BCUT2D eigenvalue weighted by Crippen LogP contribution is -2.45. The van der Waals surface area contributed by atoms with E-state index in [1.165, 1.54) is 0 Å². The first-order valence-electron chi connectivity index (χ1n) is 22.8. The van der Waals surface area contributed by atoms with Crippen molar-refractivity contribution in [1.82, 2.24) is 14.2 Å². The molecule has 7 rings (SSSR count). The molecule has 1 amide bonds. The Balaban J connectivity index is 1.36. The number of nitrogens with one attached hydrogen (secondary N) is 1. The van der Waals surface area contributed by atoms with Gasteiger partial charge in [0.25, 0.3) is 14.4 Å². The summed E-state index contributed by atoms with van der Waals surface area (Å²) in [6, 6.07) is 39.6. The predicted molar refractivity (Wildman–Crippen MR) is 257 cm³/mol. The molecule has 0 bridgehead atoms. The first kappa shape index (κ1) is 49.9. The van der Waals surface area contributed by atoms with Gasteiger partial charge in [-0.2, -0.15) is 15.5 Å². The number of nitriles is 2. The van der Waals surface area contributed by atoms with Crippen LogP contribution in [0.4, 0.5) is 5.82 Å². The Morgan fingerprint density at radius 1 is 0.838 bits per heavy atom. The molecule has 1 N–H and O–H groups in total. The number of fused-ring (bicyclic) bond motifs is 1. The molecular formula is C52H59N6O9P. The molecule has 15 nitrogen and oxygen atoms in total. The van der Waals surface area contributed by atoms with Gasteiger partial charge in [0.1, 0.15) is 41.9 Å². The van der Waals surface area contributed by atoms with E-state index in [1.807, 2.05) is 84.9 Å². The number of anilines is 1. The summed E-state index contributed by atoms with van der Waals surface area (Å²) in [5.74, 6) is 0.802. The summed E-state index contributed by atoms with van der Waals surface area (Å²) in [5, 5.41) is 21.6. The van der Waals surface area contributed by atoms with Crippen molar-refractivity contribution in [3.8, 4) is 23.6 Å². The standard InChI is InChI=1S/C52H59N6O9P/c1-36(2)58(37(3)4)68(66-32-14-29-54)67-48-47(64-35-63-31-13-28-53)46(57-30-27-45(56-50(57)60)55-49(59)38-15-9-7-10-16-38)44-33-51(44,48)34-65-52(39-17-11-8-12-18-39,40-19-23-42(61-5)24-20-40)41-21-25-43(62-6)26-22-41/h7-12,15-27,30,36-37,44,46-48H,13-14,31-35H2,1-6H3,(H,55,56,59,60)/t44-,46-,47+,48+,51+,68?/m1/s1. The van der Waals surface area contributed by atoms with Crippen LogP contribution in [0.3, 0.4) is 0 Å². The summed E-state index contributed by atoms with van der Waals surface area (Å²) < 4.78 is 49.0. The van der Waals surface area contributed by atoms with Gasteiger partial charge in [-0.1, -0.05) is 72.8 Å². The highest BCUT2D eigenvalue weighted by molar-refractivity contribution is 7.44. The molecule has 2 fully saturated rings. The molecule has 1 heterocycles. The lowest BCUT2D eigenvalue weighted by molar-refractivity contribution is -0.140. The molecule has 16 heteroatoms. The van der Waals surface area contributed by atoms with Gasteiger partial charge >= 0.3 is 5.69 Å².